The van der Waals surface area contributed by atoms with Crippen molar-refractivity contribution in [2.45, 2.75) is 23.8 Å². The second-order valence-corrected chi connectivity index (χ2v) is 7.96. The predicted molar refractivity (Wildman–Crippen MR) is 106 cm³/mol. The summed E-state index contributed by atoms with van der Waals surface area (Å²) in [5.74, 6) is 1.10. The summed E-state index contributed by atoms with van der Waals surface area (Å²) in [7, 11) is -3.71. The molecule has 144 valence electrons. The molecule has 1 aromatic heterocycles. The van der Waals surface area contributed by atoms with Gasteiger partial charge in [0, 0.05) is 18.7 Å². The summed E-state index contributed by atoms with van der Waals surface area (Å²) in [6.07, 6.45) is 3.81. The fourth-order valence-electron chi connectivity index (χ4n) is 2.59. The van der Waals surface area contributed by atoms with E-state index in [4.69, 9.17) is 26.5 Å². The first-order valence-corrected chi connectivity index (χ1v) is 10.3. The minimum Gasteiger partial charge on any atom is -0.455 e. The molecule has 1 aliphatic rings. The molecule has 1 atom stereocenters. The number of primary sulfonamides is 1. The molecule has 0 amide bonds. The first kappa shape index (κ1) is 19.5. The molecule has 0 saturated carbocycles. The largest absolute Gasteiger partial charge is 0.455 e. The zero-order valence-corrected chi connectivity index (χ0v) is 16.1. The van der Waals surface area contributed by atoms with Crippen LogP contribution < -0.4 is 15.9 Å². The van der Waals surface area contributed by atoms with Crippen molar-refractivity contribution in [2.24, 2.45) is 10.2 Å². The lowest BCUT2D eigenvalue weighted by Crippen LogP contribution is -2.37. The molecule has 3 rings (SSSR count). The highest BCUT2D eigenvalue weighted by Gasteiger charge is 2.15. The zero-order valence-electron chi connectivity index (χ0n) is 14.4. The van der Waals surface area contributed by atoms with Crippen molar-refractivity contribution in [3.8, 4) is 11.3 Å². The summed E-state index contributed by atoms with van der Waals surface area (Å²) >= 11 is 5.15. The number of hydrazone groups is 1. The van der Waals surface area contributed by atoms with Gasteiger partial charge in [-0.15, -0.1) is 0 Å². The Bertz CT molecular complexity index is 917. The first-order valence-electron chi connectivity index (χ1n) is 8.33. The van der Waals surface area contributed by atoms with Gasteiger partial charge in [0.05, 0.1) is 17.2 Å². The standard InChI is InChI=1S/C17H20N4O4S2/c18-27(22,23)15-6-3-12(4-7-15)16-8-5-14(25-16)11-20-21-17(26)19-10-13-2-1-9-24-13/h3-8,11,13H,1-2,9-10H2,(H2,18,22,23)(H2,19,21,26)/b20-11-/t13-/m1/s1. The number of rotatable bonds is 6. The summed E-state index contributed by atoms with van der Waals surface area (Å²) in [4.78, 5) is 0.0489. The number of nitrogens with two attached hydrogens (primary N) is 1. The van der Waals surface area contributed by atoms with Gasteiger partial charge in [0.25, 0.3) is 0 Å². The molecule has 1 saturated heterocycles. The van der Waals surface area contributed by atoms with E-state index in [0.717, 1.165) is 25.0 Å². The van der Waals surface area contributed by atoms with E-state index in [1.807, 2.05) is 0 Å². The highest BCUT2D eigenvalue weighted by atomic mass is 32.2. The fourth-order valence-corrected chi connectivity index (χ4v) is 3.24. The molecule has 8 nitrogen and oxygen atoms in total. The number of benzene rings is 1. The number of hydrogen-bond acceptors (Lipinski definition) is 6. The van der Waals surface area contributed by atoms with Gasteiger partial charge < -0.3 is 14.5 Å². The van der Waals surface area contributed by atoms with Crippen LogP contribution in [-0.4, -0.2) is 39.0 Å². The number of furan rings is 1. The topological polar surface area (TPSA) is 119 Å². The molecular weight excluding hydrogens is 388 g/mol. The maximum Gasteiger partial charge on any atom is 0.238 e. The Morgan fingerprint density at radius 3 is 2.74 bits per heavy atom. The van der Waals surface area contributed by atoms with Crippen molar-refractivity contribution in [1.82, 2.24) is 10.7 Å². The van der Waals surface area contributed by atoms with E-state index < -0.39 is 10.0 Å². The molecule has 0 radical (unpaired) electrons. The van der Waals surface area contributed by atoms with Crippen molar-refractivity contribution in [3.63, 3.8) is 0 Å². The van der Waals surface area contributed by atoms with E-state index in [1.54, 1.807) is 24.3 Å². The maximum atomic E-state index is 11.3. The van der Waals surface area contributed by atoms with Crippen molar-refractivity contribution in [1.29, 1.82) is 0 Å². The molecule has 27 heavy (non-hydrogen) atoms. The highest BCUT2D eigenvalue weighted by Crippen LogP contribution is 2.22. The molecule has 0 spiro atoms. The summed E-state index contributed by atoms with van der Waals surface area (Å²) in [6.45, 7) is 1.46. The maximum absolute atomic E-state index is 11.3. The first-order chi connectivity index (χ1) is 12.9. The van der Waals surface area contributed by atoms with Gasteiger partial charge in [0.2, 0.25) is 10.0 Å². The average Bonchev–Trinajstić information content (AvgIpc) is 3.31. The summed E-state index contributed by atoms with van der Waals surface area (Å²) < 4.78 is 33.7. The van der Waals surface area contributed by atoms with Gasteiger partial charge in [-0.3, -0.25) is 5.43 Å². The second kappa shape index (κ2) is 8.61. The Hall–Kier alpha value is -2.27. The lowest BCUT2D eigenvalue weighted by atomic mass is 10.2. The number of nitrogens with one attached hydrogen (secondary N) is 2. The van der Waals surface area contributed by atoms with Crippen molar-refractivity contribution < 1.29 is 17.6 Å². The van der Waals surface area contributed by atoms with Crippen LogP contribution in [-0.2, 0) is 14.8 Å². The Kier molecular flexibility index (Phi) is 6.22. The monoisotopic (exact) mass is 408 g/mol. The van der Waals surface area contributed by atoms with Crippen LogP contribution in [0, 0.1) is 0 Å². The average molecular weight is 409 g/mol. The number of hydrogen-bond donors (Lipinski definition) is 3. The summed E-state index contributed by atoms with van der Waals surface area (Å²) in [5.41, 5.74) is 3.45. The molecule has 10 heteroatoms. The van der Waals surface area contributed by atoms with Crippen molar-refractivity contribution in [3.05, 3.63) is 42.2 Å². The molecule has 4 N–H and O–H groups in total. The second-order valence-electron chi connectivity index (χ2n) is 5.99. The van der Waals surface area contributed by atoms with Crippen LogP contribution in [0.4, 0.5) is 0 Å². The third kappa shape index (κ3) is 5.60. The zero-order chi connectivity index (χ0) is 19.3. The number of ether oxygens (including phenoxy) is 1. The van der Waals surface area contributed by atoms with Gasteiger partial charge in [-0.05, 0) is 61.5 Å². The lowest BCUT2D eigenvalue weighted by molar-refractivity contribution is 0.114. The van der Waals surface area contributed by atoms with E-state index in [2.05, 4.69) is 15.8 Å². The van der Waals surface area contributed by atoms with Gasteiger partial charge >= 0.3 is 0 Å². The van der Waals surface area contributed by atoms with Gasteiger partial charge in [-0.1, -0.05) is 0 Å². The van der Waals surface area contributed by atoms with Gasteiger partial charge in [-0.25, -0.2) is 13.6 Å². The van der Waals surface area contributed by atoms with E-state index in [9.17, 15) is 8.42 Å². The SMILES string of the molecule is NS(=O)(=O)c1ccc(-c2ccc(/C=N\NC(=S)NC[C@H]3CCCO3)o2)cc1. The smallest absolute Gasteiger partial charge is 0.238 e. The number of thiocarbonyl (C=S) groups is 1. The molecule has 2 heterocycles. The third-order valence-electron chi connectivity index (χ3n) is 3.97. The van der Waals surface area contributed by atoms with E-state index in [-0.39, 0.29) is 11.0 Å². The molecule has 1 fully saturated rings. The van der Waals surface area contributed by atoms with Gasteiger partial charge in [0.1, 0.15) is 11.5 Å². The van der Waals surface area contributed by atoms with E-state index >= 15 is 0 Å². The normalized spacial score (nSPS) is 17.3. The van der Waals surface area contributed by atoms with Crippen LogP contribution >= 0.6 is 12.2 Å². The Morgan fingerprint density at radius 1 is 1.30 bits per heavy atom. The number of sulfonamides is 1. The molecule has 2 aromatic rings. The summed E-state index contributed by atoms with van der Waals surface area (Å²) in [5, 5.41) is 12.6. The lowest BCUT2D eigenvalue weighted by Gasteiger charge is -2.11. The van der Waals surface area contributed by atoms with Crippen LogP contribution in [0.5, 0.6) is 0 Å². The third-order valence-corrected chi connectivity index (χ3v) is 5.13. The van der Waals surface area contributed by atoms with Crippen LogP contribution in [0.3, 0.4) is 0 Å². The molecule has 1 aliphatic heterocycles. The minimum absolute atomic E-state index is 0.0489. The van der Waals surface area contributed by atoms with Crippen LogP contribution in [0.2, 0.25) is 0 Å². The molecule has 0 unspecified atom stereocenters. The van der Waals surface area contributed by atoms with Crippen molar-refractivity contribution in [2.75, 3.05) is 13.2 Å². The van der Waals surface area contributed by atoms with E-state index in [0.29, 0.717) is 23.2 Å². The van der Waals surface area contributed by atoms with Gasteiger partial charge in [0.15, 0.2) is 5.11 Å². The van der Waals surface area contributed by atoms with Gasteiger partial charge in [-0.2, -0.15) is 5.10 Å². The molecule has 0 aliphatic carbocycles. The Morgan fingerprint density at radius 2 is 2.07 bits per heavy atom. The Labute approximate surface area is 162 Å². The van der Waals surface area contributed by atoms with Crippen LogP contribution in [0.25, 0.3) is 11.3 Å². The quantitative estimate of drug-likeness (QED) is 0.377. The molecule has 0 bridgehead atoms. The predicted octanol–water partition coefficient (Wildman–Crippen LogP) is 1.57. The summed E-state index contributed by atoms with van der Waals surface area (Å²) in [6, 6.07) is 9.63. The minimum atomic E-state index is -3.71. The number of nitrogens with zero attached hydrogens (tertiary/aromatic N) is 1. The van der Waals surface area contributed by atoms with Crippen LogP contribution in [0.15, 0.2) is 50.8 Å². The van der Waals surface area contributed by atoms with Crippen molar-refractivity contribution >= 4 is 33.6 Å². The van der Waals surface area contributed by atoms with Crippen LogP contribution in [0.1, 0.15) is 18.6 Å². The molecule has 1 aromatic carbocycles. The Balaban J connectivity index is 1.52. The van der Waals surface area contributed by atoms with E-state index in [1.165, 1.54) is 18.3 Å². The fraction of sp³-hybridized carbons (Fsp3) is 0.294. The highest BCUT2D eigenvalue weighted by molar-refractivity contribution is 7.89. The molecular formula is C17H20N4O4S2.